The molecule has 28 heavy (non-hydrogen) atoms. The fourth-order valence-corrected chi connectivity index (χ4v) is 3.53. The number of primary amides is 1. The maximum Gasteiger partial charge on any atom is 0.254 e. The lowest BCUT2D eigenvalue weighted by Crippen LogP contribution is -2.16. The smallest absolute Gasteiger partial charge is 0.254 e. The van der Waals surface area contributed by atoms with Crippen molar-refractivity contribution in [2.24, 2.45) is 12.8 Å². The van der Waals surface area contributed by atoms with Gasteiger partial charge < -0.3 is 21.0 Å². The molecule has 1 amide bonds. The molecular weight excluding hydrogens is 356 g/mol. The molecule has 0 saturated heterocycles. The van der Waals surface area contributed by atoms with E-state index in [0.717, 1.165) is 16.7 Å². The first-order valence-corrected chi connectivity index (χ1v) is 8.67. The van der Waals surface area contributed by atoms with E-state index in [-0.39, 0.29) is 17.0 Å². The number of phenols is 1. The molecule has 1 aromatic carbocycles. The van der Waals surface area contributed by atoms with Gasteiger partial charge in [0.05, 0.1) is 17.6 Å². The van der Waals surface area contributed by atoms with Crippen LogP contribution in [0.4, 0.5) is 5.69 Å². The number of aromatic hydroxyl groups is 1. The molecule has 142 valence electrons. The molecule has 0 bridgehead atoms. The van der Waals surface area contributed by atoms with Gasteiger partial charge in [0, 0.05) is 36.8 Å². The summed E-state index contributed by atoms with van der Waals surface area (Å²) >= 11 is 0. The number of nitrogen functional groups attached to an aromatic ring is 1. The second kappa shape index (κ2) is 6.12. The van der Waals surface area contributed by atoms with Gasteiger partial charge in [-0.2, -0.15) is 5.10 Å². The number of hydrogen-bond acceptors (Lipinski definition) is 5. The molecule has 0 fully saturated rings. The third-order valence-electron chi connectivity index (χ3n) is 4.94. The Hall–Kier alpha value is -3.81. The van der Waals surface area contributed by atoms with E-state index in [1.165, 1.54) is 0 Å². The summed E-state index contributed by atoms with van der Waals surface area (Å²) in [7, 11) is 1.82. The van der Waals surface area contributed by atoms with Gasteiger partial charge in [0.1, 0.15) is 11.3 Å². The number of imidazole rings is 1. The SMILES string of the molecule is Cc1ccc(O)c(C)c1-c1cn2cc(-c3cnn(C)c3)nc2c(C(N)=O)c1N. The number of amides is 1. The number of aryl methyl sites for hydroxylation is 2. The highest BCUT2D eigenvalue weighted by Gasteiger charge is 2.22. The number of nitrogens with two attached hydrogens (primary N) is 2. The molecule has 0 aliphatic carbocycles. The molecule has 0 spiro atoms. The van der Waals surface area contributed by atoms with Gasteiger partial charge in [-0.25, -0.2) is 4.98 Å². The number of nitrogens with zero attached hydrogens (tertiary/aromatic N) is 4. The first-order valence-electron chi connectivity index (χ1n) is 8.67. The van der Waals surface area contributed by atoms with Crippen LogP contribution in [0.5, 0.6) is 5.75 Å². The maximum absolute atomic E-state index is 12.2. The number of phenolic OH excluding ortho intramolecular Hbond substituents is 1. The standard InChI is InChI=1S/C20H20N6O2/c1-10-4-5-15(27)11(2)16(10)13-8-26-9-14(12-6-23-25(3)7-12)24-20(26)17(18(13)21)19(22)28/h4-9,27H,21H2,1-3H3,(H2,22,28). The van der Waals surface area contributed by atoms with Crippen LogP contribution in [0, 0.1) is 13.8 Å². The summed E-state index contributed by atoms with van der Waals surface area (Å²) in [4.78, 5) is 16.8. The van der Waals surface area contributed by atoms with Crippen LogP contribution < -0.4 is 11.5 Å². The number of carbonyl (C=O) groups is 1. The predicted octanol–water partition coefficient (Wildman–Crippen LogP) is 2.41. The zero-order valence-corrected chi connectivity index (χ0v) is 15.8. The summed E-state index contributed by atoms with van der Waals surface area (Å²) in [6.07, 6.45) is 7.13. The van der Waals surface area contributed by atoms with E-state index in [0.29, 0.717) is 22.5 Å². The average Bonchev–Trinajstić information content (AvgIpc) is 3.24. The predicted molar refractivity (Wildman–Crippen MR) is 107 cm³/mol. The Morgan fingerprint density at radius 3 is 2.57 bits per heavy atom. The molecule has 0 aliphatic heterocycles. The van der Waals surface area contributed by atoms with Crippen LogP contribution in [-0.4, -0.2) is 30.2 Å². The summed E-state index contributed by atoms with van der Waals surface area (Å²) in [6.45, 7) is 3.73. The van der Waals surface area contributed by atoms with Crippen molar-refractivity contribution < 1.29 is 9.90 Å². The van der Waals surface area contributed by atoms with Gasteiger partial charge in [-0.3, -0.25) is 9.48 Å². The number of benzene rings is 1. The van der Waals surface area contributed by atoms with Gasteiger partial charge >= 0.3 is 0 Å². The monoisotopic (exact) mass is 376 g/mol. The maximum atomic E-state index is 12.2. The van der Waals surface area contributed by atoms with Gasteiger partial charge in [-0.05, 0) is 36.6 Å². The van der Waals surface area contributed by atoms with E-state index < -0.39 is 5.91 Å². The first-order chi connectivity index (χ1) is 13.3. The molecule has 0 atom stereocenters. The Morgan fingerprint density at radius 2 is 1.93 bits per heavy atom. The molecule has 0 radical (unpaired) electrons. The lowest BCUT2D eigenvalue weighted by Gasteiger charge is -2.16. The molecule has 3 aromatic heterocycles. The van der Waals surface area contributed by atoms with Crippen LogP contribution in [0.1, 0.15) is 21.5 Å². The lowest BCUT2D eigenvalue weighted by atomic mass is 9.93. The third-order valence-corrected chi connectivity index (χ3v) is 4.94. The third kappa shape index (κ3) is 2.58. The van der Waals surface area contributed by atoms with E-state index in [1.807, 2.05) is 20.2 Å². The minimum atomic E-state index is -0.664. The Bertz CT molecular complexity index is 1250. The van der Waals surface area contributed by atoms with Gasteiger partial charge in [0.25, 0.3) is 5.91 Å². The number of carbonyl (C=O) groups excluding carboxylic acids is 1. The van der Waals surface area contributed by atoms with E-state index >= 15 is 0 Å². The van der Waals surface area contributed by atoms with Crippen molar-refractivity contribution in [3.05, 3.63) is 53.6 Å². The van der Waals surface area contributed by atoms with Crippen LogP contribution in [0.25, 0.3) is 28.0 Å². The quantitative estimate of drug-likeness (QED) is 0.506. The highest BCUT2D eigenvalue weighted by Crippen LogP contribution is 2.38. The van der Waals surface area contributed by atoms with Crippen molar-refractivity contribution in [3.63, 3.8) is 0 Å². The Labute approximate surface area is 161 Å². The number of pyridine rings is 1. The highest BCUT2D eigenvalue weighted by molar-refractivity contribution is 6.07. The Balaban J connectivity index is 2.06. The summed E-state index contributed by atoms with van der Waals surface area (Å²) < 4.78 is 3.41. The molecule has 0 saturated carbocycles. The van der Waals surface area contributed by atoms with Crippen molar-refractivity contribution in [2.45, 2.75) is 13.8 Å². The largest absolute Gasteiger partial charge is 0.508 e. The van der Waals surface area contributed by atoms with Crippen molar-refractivity contribution in [1.82, 2.24) is 19.2 Å². The molecule has 4 aromatic rings. The zero-order chi connectivity index (χ0) is 20.2. The number of hydrogen-bond donors (Lipinski definition) is 3. The van der Waals surface area contributed by atoms with Gasteiger partial charge in [0.15, 0.2) is 5.65 Å². The summed E-state index contributed by atoms with van der Waals surface area (Å²) in [5, 5.41) is 14.3. The lowest BCUT2D eigenvalue weighted by molar-refractivity contribution is 0.100. The van der Waals surface area contributed by atoms with E-state index in [2.05, 4.69) is 10.1 Å². The summed E-state index contributed by atoms with van der Waals surface area (Å²) in [6, 6.07) is 3.44. The molecule has 0 aliphatic rings. The fourth-order valence-electron chi connectivity index (χ4n) is 3.53. The van der Waals surface area contributed by atoms with Crippen LogP contribution >= 0.6 is 0 Å². The number of fused-ring (bicyclic) bond motifs is 1. The van der Waals surface area contributed by atoms with Gasteiger partial charge in [-0.15, -0.1) is 0 Å². The minimum absolute atomic E-state index is 0.148. The average molecular weight is 376 g/mol. The molecular formula is C20H20N6O2. The molecule has 4 rings (SSSR count). The molecule has 8 nitrogen and oxygen atoms in total. The van der Waals surface area contributed by atoms with Crippen LogP contribution in [0.15, 0.2) is 36.9 Å². The van der Waals surface area contributed by atoms with E-state index in [9.17, 15) is 9.90 Å². The summed E-state index contributed by atoms with van der Waals surface area (Å²) in [5.41, 5.74) is 17.2. The molecule has 5 N–H and O–H groups in total. The van der Waals surface area contributed by atoms with Crippen molar-refractivity contribution in [1.29, 1.82) is 0 Å². The minimum Gasteiger partial charge on any atom is -0.508 e. The second-order valence-corrected chi connectivity index (χ2v) is 6.86. The second-order valence-electron chi connectivity index (χ2n) is 6.86. The number of rotatable bonds is 3. The van der Waals surface area contributed by atoms with E-state index in [4.69, 9.17) is 11.5 Å². The van der Waals surface area contributed by atoms with E-state index in [1.54, 1.807) is 46.7 Å². The topological polar surface area (TPSA) is 124 Å². The molecule has 8 heteroatoms. The van der Waals surface area contributed by atoms with Crippen molar-refractivity contribution >= 4 is 17.2 Å². The van der Waals surface area contributed by atoms with Crippen molar-refractivity contribution in [3.8, 4) is 28.1 Å². The van der Waals surface area contributed by atoms with Gasteiger partial charge in [0.2, 0.25) is 0 Å². The van der Waals surface area contributed by atoms with Crippen molar-refractivity contribution in [2.75, 3.05) is 5.73 Å². The number of anilines is 1. The zero-order valence-electron chi connectivity index (χ0n) is 15.8. The Kier molecular flexibility index (Phi) is 3.85. The first kappa shape index (κ1) is 17.6. The Morgan fingerprint density at radius 1 is 1.18 bits per heavy atom. The number of aromatic nitrogens is 4. The van der Waals surface area contributed by atoms with Crippen LogP contribution in [0.2, 0.25) is 0 Å². The fraction of sp³-hybridized carbons (Fsp3) is 0.150. The molecule has 3 heterocycles. The normalized spacial score (nSPS) is 11.2. The van der Waals surface area contributed by atoms with Gasteiger partial charge in [-0.1, -0.05) is 6.07 Å². The van der Waals surface area contributed by atoms with Crippen LogP contribution in [-0.2, 0) is 7.05 Å². The highest BCUT2D eigenvalue weighted by atomic mass is 16.3. The van der Waals surface area contributed by atoms with Crippen LogP contribution in [0.3, 0.4) is 0 Å². The molecule has 0 unspecified atom stereocenters. The summed E-state index contributed by atoms with van der Waals surface area (Å²) in [5.74, 6) is -0.509.